The van der Waals surface area contributed by atoms with Crippen LogP contribution in [0.15, 0.2) is 54.6 Å². The first-order valence-corrected chi connectivity index (χ1v) is 12.1. The van der Waals surface area contributed by atoms with Crippen LogP contribution in [0.1, 0.15) is 71.9 Å². The number of ether oxygens (including phenoxy) is 3. The standard InChI is InChI=1S/C29H42O4/c1-21(2)17-26(29(5,6)7)24-13-15-25(16-14-24)31-20-27(30)33-28(32-19-22(3)4)18-23-11-9-8-10-12-23/h8-16,21-22,26,28H,17-20H2,1-7H3. The van der Waals surface area contributed by atoms with Gasteiger partial charge in [0.25, 0.3) is 0 Å². The Bertz CT molecular complexity index is 819. The van der Waals surface area contributed by atoms with E-state index in [-0.39, 0.29) is 12.0 Å². The molecule has 0 amide bonds. The zero-order valence-corrected chi connectivity index (χ0v) is 21.5. The highest BCUT2D eigenvalue weighted by Crippen LogP contribution is 2.40. The van der Waals surface area contributed by atoms with Crippen LogP contribution in [0.25, 0.3) is 0 Å². The summed E-state index contributed by atoms with van der Waals surface area (Å²) < 4.78 is 17.1. The van der Waals surface area contributed by atoms with Crippen molar-refractivity contribution in [2.45, 2.75) is 73.5 Å². The quantitative estimate of drug-likeness (QED) is 0.255. The first kappa shape index (κ1) is 26.9. The van der Waals surface area contributed by atoms with Gasteiger partial charge < -0.3 is 14.2 Å². The van der Waals surface area contributed by atoms with Gasteiger partial charge in [-0.1, -0.05) is 90.9 Å². The summed E-state index contributed by atoms with van der Waals surface area (Å²) in [5.41, 5.74) is 2.54. The van der Waals surface area contributed by atoms with Crippen molar-refractivity contribution in [1.29, 1.82) is 0 Å². The molecule has 0 N–H and O–H groups in total. The summed E-state index contributed by atoms with van der Waals surface area (Å²) in [6.07, 6.45) is 1.02. The van der Waals surface area contributed by atoms with Crippen molar-refractivity contribution < 1.29 is 19.0 Å². The molecule has 0 aromatic heterocycles. The van der Waals surface area contributed by atoms with E-state index in [0.717, 1.165) is 12.0 Å². The Hall–Kier alpha value is -2.33. The van der Waals surface area contributed by atoms with Crippen LogP contribution in [0.5, 0.6) is 5.75 Å². The van der Waals surface area contributed by atoms with Crippen LogP contribution in [0, 0.1) is 17.3 Å². The number of hydrogen-bond acceptors (Lipinski definition) is 4. The third kappa shape index (κ3) is 10.00. The van der Waals surface area contributed by atoms with Gasteiger partial charge in [-0.25, -0.2) is 4.79 Å². The molecule has 0 saturated carbocycles. The zero-order valence-electron chi connectivity index (χ0n) is 21.5. The van der Waals surface area contributed by atoms with Crippen LogP contribution in [-0.2, 0) is 20.7 Å². The van der Waals surface area contributed by atoms with Gasteiger partial charge in [-0.2, -0.15) is 0 Å². The van der Waals surface area contributed by atoms with E-state index < -0.39 is 12.3 Å². The van der Waals surface area contributed by atoms with Gasteiger partial charge in [0.1, 0.15) is 5.75 Å². The molecule has 0 saturated heterocycles. The van der Waals surface area contributed by atoms with Gasteiger partial charge in [0.2, 0.25) is 6.29 Å². The molecule has 0 heterocycles. The van der Waals surface area contributed by atoms with E-state index in [1.807, 2.05) is 42.5 Å². The van der Waals surface area contributed by atoms with Crippen molar-refractivity contribution in [2.75, 3.05) is 13.2 Å². The fraction of sp³-hybridized carbons (Fsp3) is 0.552. The Balaban J connectivity index is 1.94. The molecular weight excluding hydrogens is 412 g/mol. The summed E-state index contributed by atoms with van der Waals surface area (Å²) in [6, 6.07) is 18.0. The predicted octanol–water partition coefficient (Wildman–Crippen LogP) is 7.03. The van der Waals surface area contributed by atoms with E-state index in [1.54, 1.807) is 0 Å². The Morgan fingerprint density at radius 2 is 1.52 bits per heavy atom. The summed E-state index contributed by atoms with van der Waals surface area (Å²) in [4.78, 5) is 12.5. The molecule has 2 unspecified atom stereocenters. The van der Waals surface area contributed by atoms with Gasteiger partial charge in [0.15, 0.2) is 6.61 Å². The number of rotatable bonds is 12. The summed E-state index contributed by atoms with van der Waals surface area (Å²) in [6.45, 7) is 15.9. The summed E-state index contributed by atoms with van der Waals surface area (Å²) >= 11 is 0. The molecule has 4 heteroatoms. The molecule has 2 rings (SSSR count). The summed E-state index contributed by atoms with van der Waals surface area (Å²) in [7, 11) is 0. The maximum Gasteiger partial charge on any atom is 0.346 e. The van der Waals surface area contributed by atoms with E-state index >= 15 is 0 Å². The SMILES string of the molecule is CC(C)COC(Cc1ccccc1)OC(=O)COc1ccc(C(CC(C)C)C(C)(C)C)cc1. The van der Waals surface area contributed by atoms with E-state index in [0.29, 0.717) is 36.5 Å². The molecule has 0 aliphatic carbocycles. The highest BCUT2D eigenvalue weighted by molar-refractivity contribution is 5.71. The number of benzene rings is 2. The van der Waals surface area contributed by atoms with Crippen molar-refractivity contribution in [3.05, 3.63) is 65.7 Å². The Morgan fingerprint density at radius 3 is 2.06 bits per heavy atom. The van der Waals surface area contributed by atoms with E-state index in [2.05, 4.69) is 60.6 Å². The molecule has 0 fully saturated rings. The van der Waals surface area contributed by atoms with Gasteiger partial charge in [0.05, 0.1) is 6.61 Å². The first-order valence-electron chi connectivity index (χ1n) is 12.1. The number of carbonyl (C=O) groups excluding carboxylic acids is 1. The molecule has 0 aliphatic rings. The zero-order chi connectivity index (χ0) is 24.4. The van der Waals surface area contributed by atoms with Crippen molar-refractivity contribution >= 4 is 5.97 Å². The number of carbonyl (C=O) groups is 1. The third-order valence-corrected chi connectivity index (χ3v) is 5.52. The first-order chi connectivity index (χ1) is 15.5. The Kier molecular flexibility index (Phi) is 10.4. The normalized spacial score (nSPS) is 13.7. The van der Waals surface area contributed by atoms with Gasteiger partial charge >= 0.3 is 5.97 Å². The molecule has 0 radical (unpaired) electrons. The minimum absolute atomic E-state index is 0.148. The minimum Gasteiger partial charge on any atom is -0.482 e. The maximum atomic E-state index is 12.5. The predicted molar refractivity (Wildman–Crippen MR) is 134 cm³/mol. The lowest BCUT2D eigenvalue weighted by atomic mass is 9.72. The van der Waals surface area contributed by atoms with Crippen molar-refractivity contribution in [2.24, 2.45) is 17.3 Å². The van der Waals surface area contributed by atoms with Crippen molar-refractivity contribution in [3.8, 4) is 5.75 Å². The second-order valence-electron chi connectivity index (χ2n) is 10.7. The van der Waals surface area contributed by atoms with Crippen LogP contribution in [0.4, 0.5) is 0 Å². The number of esters is 1. The lowest BCUT2D eigenvalue weighted by molar-refractivity contribution is -0.182. The molecule has 0 aliphatic heterocycles. The average molecular weight is 455 g/mol. The van der Waals surface area contributed by atoms with Crippen LogP contribution in [0.2, 0.25) is 0 Å². The molecule has 0 spiro atoms. The van der Waals surface area contributed by atoms with Crippen molar-refractivity contribution in [3.63, 3.8) is 0 Å². The van der Waals surface area contributed by atoms with E-state index in [1.165, 1.54) is 5.56 Å². The topological polar surface area (TPSA) is 44.8 Å². The Labute approximate surface area is 200 Å². The lowest BCUT2D eigenvalue weighted by Gasteiger charge is -2.32. The summed E-state index contributed by atoms with van der Waals surface area (Å²) in [5.74, 6) is 1.67. The largest absolute Gasteiger partial charge is 0.482 e. The molecule has 2 atom stereocenters. The molecule has 182 valence electrons. The highest BCUT2D eigenvalue weighted by atomic mass is 16.7. The minimum atomic E-state index is -0.628. The summed E-state index contributed by atoms with van der Waals surface area (Å²) in [5, 5.41) is 0. The smallest absolute Gasteiger partial charge is 0.346 e. The van der Waals surface area contributed by atoms with Crippen LogP contribution < -0.4 is 4.74 Å². The van der Waals surface area contributed by atoms with E-state index in [4.69, 9.17) is 14.2 Å². The Morgan fingerprint density at radius 1 is 0.879 bits per heavy atom. The van der Waals surface area contributed by atoms with Gasteiger partial charge in [0, 0.05) is 6.42 Å². The van der Waals surface area contributed by atoms with Gasteiger partial charge in [-0.3, -0.25) is 0 Å². The molecule has 0 bridgehead atoms. The van der Waals surface area contributed by atoms with Crippen LogP contribution >= 0.6 is 0 Å². The fourth-order valence-corrected chi connectivity index (χ4v) is 3.82. The highest BCUT2D eigenvalue weighted by Gasteiger charge is 2.27. The molecular formula is C29H42O4. The monoisotopic (exact) mass is 454 g/mol. The molecule has 2 aromatic rings. The third-order valence-electron chi connectivity index (χ3n) is 5.52. The second kappa shape index (κ2) is 12.8. The number of hydrogen-bond donors (Lipinski definition) is 0. The lowest BCUT2D eigenvalue weighted by Crippen LogP contribution is -2.28. The maximum absolute atomic E-state index is 12.5. The second-order valence-corrected chi connectivity index (χ2v) is 10.7. The van der Waals surface area contributed by atoms with Crippen LogP contribution in [0.3, 0.4) is 0 Å². The van der Waals surface area contributed by atoms with Crippen LogP contribution in [-0.4, -0.2) is 25.5 Å². The van der Waals surface area contributed by atoms with Crippen molar-refractivity contribution in [1.82, 2.24) is 0 Å². The fourth-order valence-electron chi connectivity index (χ4n) is 3.82. The average Bonchev–Trinajstić information content (AvgIpc) is 2.74. The van der Waals surface area contributed by atoms with E-state index in [9.17, 15) is 4.79 Å². The molecule has 33 heavy (non-hydrogen) atoms. The molecule has 4 nitrogen and oxygen atoms in total. The van der Waals surface area contributed by atoms with Gasteiger partial charge in [-0.15, -0.1) is 0 Å². The molecule has 2 aromatic carbocycles. The van der Waals surface area contributed by atoms with Gasteiger partial charge in [-0.05, 0) is 52.8 Å².